The van der Waals surface area contributed by atoms with Crippen molar-refractivity contribution in [1.29, 1.82) is 0 Å². The first kappa shape index (κ1) is 7.74. The second kappa shape index (κ2) is 3.16. The number of nitrogens with zero attached hydrogens (tertiary/aromatic N) is 1. The average Bonchev–Trinajstić information content (AvgIpc) is 1.93. The van der Waals surface area contributed by atoms with Crippen molar-refractivity contribution in [2.75, 3.05) is 5.73 Å². The second-order valence-corrected chi connectivity index (χ2v) is 2.52. The number of nitrogens with two attached hydrogens (primary N) is 1. The molecule has 0 fully saturated rings. The van der Waals surface area contributed by atoms with Gasteiger partial charge in [0.15, 0.2) is 0 Å². The van der Waals surface area contributed by atoms with Gasteiger partial charge in [0.2, 0.25) is 0 Å². The van der Waals surface area contributed by atoms with Gasteiger partial charge in [-0.05, 0) is 24.3 Å². The van der Waals surface area contributed by atoms with Crippen LogP contribution in [0.4, 0.5) is 11.4 Å². The van der Waals surface area contributed by atoms with Gasteiger partial charge >= 0.3 is 10.5 Å². The monoisotopic (exact) mass is 170 g/mol. The molecule has 0 aliphatic rings. The maximum atomic E-state index is 10.1. The Balaban J connectivity index is 3.09. The maximum absolute atomic E-state index is 10.1. The second-order valence-electron chi connectivity index (χ2n) is 1.90. The topological polar surface area (TPSA) is 72.5 Å². The van der Waals surface area contributed by atoms with Crippen LogP contribution in [0.25, 0.3) is 0 Å². The summed E-state index contributed by atoms with van der Waals surface area (Å²) in [7, 11) is -2.39. The number of nitrogen functional groups attached to an aromatic ring is 1. The molecule has 1 aromatic rings. The summed E-state index contributed by atoms with van der Waals surface area (Å²) in [6.07, 6.45) is 0. The summed E-state index contributed by atoms with van der Waals surface area (Å²) >= 11 is 0. The molecule has 0 aliphatic carbocycles. The Bertz CT molecular complexity index is 358. The van der Waals surface area contributed by atoms with Crippen molar-refractivity contribution in [2.24, 2.45) is 4.36 Å². The maximum Gasteiger partial charge on any atom is 0.316 e. The van der Waals surface area contributed by atoms with Crippen molar-refractivity contribution in [1.82, 2.24) is 0 Å². The van der Waals surface area contributed by atoms with Crippen LogP contribution in [0.5, 0.6) is 0 Å². The Hall–Kier alpha value is -1.36. The molecule has 0 spiro atoms. The van der Waals surface area contributed by atoms with Crippen LogP contribution in [-0.2, 0) is 10.5 Å². The summed E-state index contributed by atoms with van der Waals surface area (Å²) in [5.74, 6) is 0. The summed E-state index contributed by atoms with van der Waals surface area (Å²) in [6, 6.07) is 6.24. The molecule has 0 atom stereocenters. The molecule has 0 aromatic heterocycles. The van der Waals surface area contributed by atoms with E-state index in [4.69, 9.17) is 5.73 Å². The molecule has 2 N–H and O–H groups in total. The molecule has 0 amide bonds. The van der Waals surface area contributed by atoms with Crippen LogP contribution in [0.3, 0.4) is 0 Å². The zero-order valence-corrected chi connectivity index (χ0v) is 6.38. The minimum atomic E-state index is -2.39. The van der Waals surface area contributed by atoms with E-state index in [9.17, 15) is 8.42 Å². The van der Waals surface area contributed by atoms with Gasteiger partial charge in [-0.1, -0.05) is 0 Å². The lowest BCUT2D eigenvalue weighted by atomic mass is 10.3. The molecule has 5 heteroatoms. The third kappa shape index (κ3) is 2.38. The van der Waals surface area contributed by atoms with Crippen LogP contribution in [0.2, 0.25) is 0 Å². The van der Waals surface area contributed by atoms with Crippen LogP contribution in [-0.4, -0.2) is 8.42 Å². The van der Waals surface area contributed by atoms with Crippen molar-refractivity contribution in [2.45, 2.75) is 0 Å². The number of anilines is 1. The Morgan fingerprint density at radius 3 is 2.18 bits per heavy atom. The zero-order valence-electron chi connectivity index (χ0n) is 5.56. The van der Waals surface area contributed by atoms with Crippen LogP contribution in [0.1, 0.15) is 0 Å². The van der Waals surface area contributed by atoms with E-state index in [0.717, 1.165) is 0 Å². The van der Waals surface area contributed by atoms with Gasteiger partial charge in [-0.25, -0.2) is 0 Å². The van der Waals surface area contributed by atoms with Gasteiger partial charge in [-0.15, -0.1) is 4.36 Å². The molecule has 11 heavy (non-hydrogen) atoms. The third-order valence-electron chi connectivity index (χ3n) is 1.07. The van der Waals surface area contributed by atoms with E-state index in [1.54, 1.807) is 12.1 Å². The first-order chi connectivity index (χ1) is 5.18. The number of hydrogen-bond donors (Lipinski definition) is 1. The van der Waals surface area contributed by atoms with Crippen molar-refractivity contribution in [3.05, 3.63) is 24.3 Å². The van der Waals surface area contributed by atoms with E-state index in [1.807, 2.05) is 0 Å². The number of hydrogen-bond acceptors (Lipinski definition) is 4. The Morgan fingerprint density at radius 2 is 1.73 bits per heavy atom. The third-order valence-corrected chi connectivity index (χ3v) is 1.43. The molecular weight excluding hydrogens is 164 g/mol. The Kier molecular flexibility index (Phi) is 2.22. The molecule has 0 heterocycles. The molecule has 58 valence electrons. The Labute approximate surface area is 65.4 Å². The van der Waals surface area contributed by atoms with Gasteiger partial charge in [-0.2, -0.15) is 8.42 Å². The van der Waals surface area contributed by atoms with E-state index in [1.165, 1.54) is 12.1 Å². The molecule has 0 radical (unpaired) electrons. The smallest absolute Gasteiger partial charge is 0.316 e. The standard InChI is InChI=1S/C6H6N2O2S/c7-5-1-3-6(4-2-5)8-11(9)10/h1-4H,7H2. The van der Waals surface area contributed by atoms with Crippen molar-refractivity contribution in [3.8, 4) is 0 Å². The average molecular weight is 170 g/mol. The SMILES string of the molecule is Nc1ccc(N=S(=O)=O)cc1. The largest absolute Gasteiger partial charge is 0.399 e. The van der Waals surface area contributed by atoms with Gasteiger partial charge in [-0.3, -0.25) is 0 Å². The fourth-order valence-corrected chi connectivity index (χ4v) is 0.915. The highest BCUT2D eigenvalue weighted by atomic mass is 32.2. The van der Waals surface area contributed by atoms with Crippen LogP contribution >= 0.6 is 0 Å². The van der Waals surface area contributed by atoms with E-state index < -0.39 is 10.5 Å². The number of benzene rings is 1. The lowest BCUT2D eigenvalue weighted by Crippen LogP contribution is -1.80. The molecule has 1 aromatic carbocycles. The van der Waals surface area contributed by atoms with Crippen LogP contribution < -0.4 is 5.73 Å². The van der Waals surface area contributed by atoms with Crippen molar-refractivity contribution < 1.29 is 8.42 Å². The first-order valence-corrected chi connectivity index (χ1v) is 3.88. The highest BCUT2D eigenvalue weighted by Crippen LogP contribution is 2.12. The molecule has 0 saturated carbocycles. The van der Waals surface area contributed by atoms with Gasteiger partial charge in [0.25, 0.3) is 0 Å². The molecule has 0 unspecified atom stereocenters. The molecule has 1 rings (SSSR count). The van der Waals surface area contributed by atoms with Gasteiger partial charge in [0.05, 0.1) is 5.69 Å². The summed E-state index contributed by atoms with van der Waals surface area (Å²) < 4.78 is 23.4. The minimum absolute atomic E-state index is 0.382. The molecule has 4 nitrogen and oxygen atoms in total. The zero-order chi connectivity index (χ0) is 8.27. The van der Waals surface area contributed by atoms with Gasteiger partial charge in [0, 0.05) is 5.69 Å². The first-order valence-electron chi connectivity index (χ1n) is 2.85. The fourth-order valence-electron chi connectivity index (χ4n) is 0.621. The van der Waals surface area contributed by atoms with E-state index in [0.29, 0.717) is 11.4 Å². The van der Waals surface area contributed by atoms with Gasteiger partial charge in [0.1, 0.15) is 0 Å². The summed E-state index contributed by atoms with van der Waals surface area (Å²) in [4.78, 5) is 0. The van der Waals surface area contributed by atoms with Crippen LogP contribution in [0, 0.1) is 0 Å². The molecule has 0 bridgehead atoms. The lowest BCUT2D eigenvalue weighted by Gasteiger charge is -1.90. The fraction of sp³-hybridized carbons (Fsp3) is 0. The van der Waals surface area contributed by atoms with Crippen LogP contribution in [0.15, 0.2) is 28.6 Å². The predicted octanol–water partition coefficient (Wildman–Crippen LogP) is 0.963. The lowest BCUT2D eigenvalue weighted by molar-refractivity contribution is 0.622. The predicted molar refractivity (Wildman–Crippen MR) is 41.9 cm³/mol. The summed E-state index contributed by atoms with van der Waals surface area (Å²) in [6.45, 7) is 0. The van der Waals surface area contributed by atoms with Crippen molar-refractivity contribution in [3.63, 3.8) is 0 Å². The molecular formula is C6H6N2O2S. The Morgan fingerprint density at radius 1 is 1.18 bits per heavy atom. The summed E-state index contributed by atoms with van der Waals surface area (Å²) in [5.41, 5.74) is 6.33. The van der Waals surface area contributed by atoms with Crippen molar-refractivity contribution >= 4 is 21.9 Å². The minimum Gasteiger partial charge on any atom is -0.399 e. The number of rotatable bonds is 1. The highest BCUT2D eigenvalue weighted by Gasteiger charge is 1.87. The highest BCUT2D eigenvalue weighted by molar-refractivity contribution is 7.61. The quantitative estimate of drug-likeness (QED) is 0.638. The van der Waals surface area contributed by atoms with Gasteiger partial charge < -0.3 is 5.73 Å². The molecule has 0 saturated heterocycles. The molecule has 0 aliphatic heterocycles. The van der Waals surface area contributed by atoms with E-state index >= 15 is 0 Å². The van der Waals surface area contributed by atoms with E-state index in [2.05, 4.69) is 4.36 Å². The van der Waals surface area contributed by atoms with E-state index in [-0.39, 0.29) is 0 Å². The normalized spacial score (nSPS) is 9.09. The summed E-state index contributed by atoms with van der Waals surface area (Å²) in [5, 5.41) is 0.